The molecule has 1 spiro atoms. The van der Waals surface area contributed by atoms with E-state index >= 15 is 0 Å². The van der Waals surface area contributed by atoms with Crippen LogP contribution in [0.25, 0.3) is 0 Å². The maximum absolute atomic E-state index is 12.8. The number of hydrogen-bond acceptors (Lipinski definition) is 5. The first kappa shape index (κ1) is 21.0. The standard InChI is InChI=1S/C23H32N2O5/c1-28-19-15-17-7-14-30-23(18(17)16-20(19)29-2)8-12-25(13-9-23)22(27)6-11-24-10-4-3-5-21(24)26/h15-16H,3-14H2,1-2H3. The fourth-order valence-corrected chi connectivity index (χ4v) is 5.00. The Hall–Kier alpha value is -2.28. The zero-order valence-electron chi connectivity index (χ0n) is 18.1. The van der Waals surface area contributed by atoms with E-state index in [-0.39, 0.29) is 17.4 Å². The molecule has 4 rings (SSSR count). The first-order valence-electron chi connectivity index (χ1n) is 11.0. The molecule has 7 nitrogen and oxygen atoms in total. The van der Waals surface area contributed by atoms with Crippen LogP contribution in [-0.4, -0.2) is 68.6 Å². The fraction of sp³-hybridized carbons (Fsp3) is 0.652. The first-order chi connectivity index (χ1) is 14.6. The molecule has 2 amide bonds. The van der Waals surface area contributed by atoms with Crippen LogP contribution < -0.4 is 9.47 Å². The predicted octanol–water partition coefficient (Wildman–Crippen LogP) is 2.50. The zero-order valence-corrected chi connectivity index (χ0v) is 18.1. The van der Waals surface area contributed by atoms with Crippen molar-refractivity contribution in [1.82, 2.24) is 9.80 Å². The summed E-state index contributed by atoms with van der Waals surface area (Å²) in [6.07, 6.45) is 5.41. The van der Waals surface area contributed by atoms with Gasteiger partial charge >= 0.3 is 0 Å². The molecular formula is C23H32N2O5. The molecule has 1 aromatic rings. The van der Waals surface area contributed by atoms with E-state index in [1.807, 2.05) is 15.9 Å². The summed E-state index contributed by atoms with van der Waals surface area (Å²) in [5, 5.41) is 0. The van der Waals surface area contributed by atoms with Crippen LogP contribution in [0.2, 0.25) is 0 Å². The molecular weight excluding hydrogens is 384 g/mol. The van der Waals surface area contributed by atoms with Crippen molar-refractivity contribution < 1.29 is 23.8 Å². The fourth-order valence-electron chi connectivity index (χ4n) is 5.00. The number of piperidine rings is 2. The Labute approximate surface area is 178 Å². The third kappa shape index (κ3) is 4.00. The normalized spacial score (nSPS) is 20.8. The highest BCUT2D eigenvalue weighted by Gasteiger charge is 2.42. The van der Waals surface area contributed by atoms with Gasteiger partial charge in [-0.25, -0.2) is 0 Å². The van der Waals surface area contributed by atoms with E-state index in [9.17, 15) is 9.59 Å². The van der Waals surface area contributed by atoms with Gasteiger partial charge in [0.15, 0.2) is 11.5 Å². The van der Waals surface area contributed by atoms with Crippen molar-refractivity contribution >= 4 is 11.8 Å². The first-order valence-corrected chi connectivity index (χ1v) is 11.0. The maximum atomic E-state index is 12.8. The number of hydrogen-bond donors (Lipinski definition) is 0. The van der Waals surface area contributed by atoms with Gasteiger partial charge in [-0.2, -0.15) is 0 Å². The molecule has 2 saturated heterocycles. The van der Waals surface area contributed by atoms with E-state index in [1.54, 1.807) is 14.2 Å². The molecule has 0 saturated carbocycles. The highest BCUT2D eigenvalue weighted by Crippen LogP contribution is 2.45. The minimum atomic E-state index is -0.368. The van der Waals surface area contributed by atoms with Crippen molar-refractivity contribution in [2.75, 3.05) is 47.0 Å². The van der Waals surface area contributed by atoms with Crippen LogP contribution in [-0.2, 0) is 26.3 Å². The van der Waals surface area contributed by atoms with E-state index in [1.165, 1.54) is 5.56 Å². The Morgan fingerprint density at radius 3 is 2.50 bits per heavy atom. The molecule has 3 aliphatic rings. The highest BCUT2D eigenvalue weighted by molar-refractivity contribution is 5.79. The number of amides is 2. The summed E-state index contributed by atoms with van der Waals surface area (Å²) in [4.78, 5) is 28.5. The summed E-state index contributed by atoms with van der Waals surface area (Å²) < 4.78 is 17.3. The molecule has 0 bridgehead atoms. The number of carbonyl (C=O) groups excluding carboxylic acids is 2. The monoisotopic (exact) mass is 416 g/mol. The number of benzene rings is 1. The van der Waals surface area contributed by atoms with Gasteiger partial charge in [0.2, 0.25) is 11.8 Å². The summed E-state index contributed by atoms with van der Waals surface area (Å²) in [5.74, 6) is 1.77. The summed E-state index contributed by atoms with van der Waals surface area (Å²) >= 11 is 0. The molecule has 0 radical (unpaired) electrons. The van der Waals surface area contributed by atoms with Crippen LogP contribution in [0.4, 0.5) is 0 Å². The zero-order chi connectivity index (χ0) is 21.1. The predicted molar refractivity (Wildman–Crippen MR) is 112 cm³/mol. The Morgan fingerprint density at radius 1 is 1.07 bits per heavy atom. The van der Waals surface area contributed by atoms with Crippen LogP contribution in [0.3, 0.4) is 0 Å². The van der Waals surface area contributed by atoms with Crippen LogP contribution in [0.15, 0.2) is 12.1 Å². The van der Waals surface area contributed by atoms with Gasteiger partial charge in [-0.3, -0.25) is 9.59 Å². The number of carbonyl (C=O) groups is 2. The van der Waals surface area contributed by atoms with E-state index in [0.29, 0.717) is 44.8 Å². The van der Waals surface area contributed by atoms with E-state index < -0.39 is 0 Å². The minimum Gasteiger partial charge on any atom is -0.493 e. The maximum Gasteiger partial charge on any atom is 0.224 e. The second-order valence-corrected chi connectivity index (χ2v) is 8.43. The smallest absolute Gasteiger partial charge is 0.224 e. The molecule has 2 fully saturated rings. The quantitative estimate of drug-likeness (QED) is 0.738. The van der Waals surface area contributed by atoms with Gasteiger partial charge < -0.3 is 24.0 Å². The lowest BCUT2D eigenvalue weighted by Crippen LogP contribution is -2.49. The summed E-state index contributed by atoms with van der Waals surface area (Å²) in [7, 11) is 3.30. The van der Waals surface area contributed by atoms with Gasteiger partial charge in [0.25, 0.3) is 0 Å². The lowest BCUT2D eigenvalue weighted by atomic mass is 9.79. The Balaban J connectivity index is 1.40. The lowest BCUT2D eigenvalue weighted by Gasteiger charge is -2.45. The van der Waals surface area contributed by atoms with Crippen molar-refractivity contribution in [3.05, 3.63) is 23.3 Å². The summed E-state index contributed by atoms with van der Waals surface area (Å²) in [6, 6.07) is 4.11. The van der Waals surface area contributed by atoms with E-state index in [2.05, 4.69) is 6.07 Å². The topological polar surface area (TPSA) is 68.3 Å². The molecule has 3 aliphatic heterocycles. The number of ether oxygens (including phenoxy) is 3. The van der Waals surface area contributed by atoms with Crippen LogP contribution in [0.5, 0.6) is 11.5 Å². The molecule has 30 heavy (non-hydrogen) atoms. The van der Waals surface area contributed by atoms with Crippen molar-refractivity contribution in [2.24, 2.45) is 0 Å². The van der Waals surface area contributed by atoms with Gasteiger partial charge in [-0.1, -0.05) is 0 Å². The molecule has 1 aromatic carbocycles. The molecule has 0 aliphatic carbocycles. The summed E-state index contributed by atoms with van der Waals surface area (Å²) in [5.41, 5.74) is 2.03. The third-order valence-electron chi connectivity index (χ3n) is 6.79. The molecule has 0 N–H and O–H groups in total. The number of methoxy groups -OCH3 is 2. The number of nitrogens with zero attached hydrogens (tertiary/aromatic N) is 2. The van der Waals surface area contributed by atoms with Crippen LogP contribution in [0.1, 0.15) is 49.7 Å². The average Bonchev–Trinajstić information content (AvgIpc) is 2.78. The highest BCUT2D eigenvalue weighted by atomic mass is 16.5. The number of rotatable bonds is 5. The van der Waals surface area contributed by atoms with E-state index in [4.69, 9.17) is 14.2 Å². The minimum absolute atomic E-state index is 0.131. The third-order valence-corrected chi connectivity index (χ3v) is 6.79. The Morgan fingerprint density at radius 2 is 1.80 bits per heavy atom. The molecule has 0 unspecified atom stereocenters. The van der Waals surface area contributed by atoms with Gasteiger partial charge in [0, 0.05) is 39.0 Å². The van der Waals surface area contributed by atoms with Gasteiger partial charge in [0.1, 0.15) is 0 Å². The number of likely N-dealkylation sites (tertiary alicyclic amines) is 2. The molecule has 3 heterocycles. The lowest BCUT2D eigenvalue weighted by molar-refractivity contribution is -0.142. The number of fused-ring (bicyclic) bond motifs is 2. The van der Waals surface area contributed by atoms with E-state index in [0.717, 1.165) is 50.0 Å². The Bertz CT molecular complexity index is 801. The molecule has 7 heteroatoms. The SMILES string of the molecule is COc1cc2c(cc1OC)C1(CCN(C(=O)CCN3CCCCC3=O)CC1)OCC2. The van der Waals surface area contributed by atoms with Crippen molar-refractivity contribution in [2.45, 2.75) is 50.5 Å². The van der Waals surface area contributed by atoms with Crippen LogP contribution in [0, 0.1) is 0 Å². The van der Waals surface area contributed by atoms with Crippen molar-refractivity contribution in [1.29, 1.82) is 0 Å². The Kier molecular flexibility index (Phi) is 6.18. The molecule has 0 aromatic heterocycles. The van der Waals surface area contributed by atoms with Gasteiger partial charge in [-0.05, 0) is 55.4 Å². The van der Waals surface area contributed by atoms with Gasteiger partial charge in [0.05, 0.1) is 26.4 Å². The van der Waals surface area contributed by atoms with Crippen molar-refractivity contribution in [3.8, 4) is 11.5 Å². The summed E-state index contributed by atoms with van der Waals surface area (Å²) in [6.45, 7) is 3.33. The van der Waals surface area contributed by atoms with Crippen LogP contribution >= 0.6 is 0 Å². The second-order valence-electron chi connectivity index (χ2n) is 8.43. The second kappa shape index (κ2) is 8.84. The van der Waals surface area contributed by atoms with Gasteiger partial charge in [-0.15, -0.1) is 0 Å². The molecule has 0 atom stereocenters. The average molecular weight is 417 g/mol. The molecule has 164 valence electrons. The van der Waals surface area contributed by atoms with Crippen molar-refractivity contribution in [3.63, 3.8) is 0 Å². The largest absolute Gasteiger partial charge is 0.493 e.